The smallest absolute Gasteiger partial charge is 0.341 e. The molecule has 2 aromatic heterocycles. The lowest BCUT2D eigenvalue weighted by Crippen LogP contribution is -2.22. The minimum Gasteiger partial charge on any atom is -0.492 e. The fraction of sp³-hybridized carbons (Fsp3) is 0.375. The number of aryl methyl sites for hydroxylation is 2. The Bertz CT molecular complexity index is 1220. The van der Waals surface area contributed by atoms with Gasteiger partial charge in [0.2, 0.25) is 0 Å². The molecule has 7 nitrogen and oxygen atoms in total. The molecule has 5 rings (SSSR count). The zero-order valence-corrected chi connectivity index (χ0v) is 18.3. The van der Waals surface area contributed by atoms with Gasteiger partial charge in [-0.2, -0.15) is 5.10 Å². The Labute approximate surface area is 180 Å². The van der Waals surface area contributed by atoms with Crippen LogP contribution in [0.4, 0.5) is 0 Å². The molecule has 1 N–H and O–H groups in total. The number of nitrogens with zero attached hydrogens (tertiary/aromatic N) is 3. The summed E-state index contributed by atoms with van der Waals surface area (Å²) in [5, 5.41) is 13.8. The molecule has 3 aromatic rings. The summed E-state index contributed by atoms with van der Waals surface area (Å²) in [5.74, 6) is 0.517. The highest BCUT2D eigenvalue weighted by atomic mass is 16.5. The molecule has 7 heteroatoms. The maximum absolute atomic E-state index is 12.3. The number of ether oxygens (including phenoxy) is 1. The first-order chi connectivity index (χ1) is 14.8. The molecular weight excluding hydrogens is 394 g/mol. The maximum atomic E-state index is 12.3. The van der Waals surface area contributed by atoms with E-state index in [-0.39, 0.29) is 5.56 Å². The highest BCUT2D eigenvalue weighted by molar-refractivity contribution is 5.88. The van der Waals surface area contributed by atoms with Crippen molar-refractivity contribution >= 4 is 5.97 Å². The molecule has 2 aliphatic rings. The quantitative estimate of drug-likeness (QED) is 0.681. The van der Waals surface area contributed by atoms with Gasteiger partial charge >= 0.3 is 5.97 Å². The second-order valence-electron chi connectivity index (χ2n) is 8.65. The molecule has 0 radical (unpaired) electrons. The zero-order chi connectivity index (χ0) is 22.3. The zero-order valence-electron chi connectivity index (χ0n) is 18.3. The Hall–Kier alpha value is -3.35. The van der Waals surface area contributed by atoms with Crippen molar-refractivity contribution in [2.24, 2.45) is 13.0 Å². The van der Waals surface area contributed by atoms with Gasteiger partial charge in [-0.05, 0) is 30.0 Å². The minimum absolute atomic E-state index is 0.198. The van der Waals surface area contributed by atoms with Crippen LogP contribution in [0.2, 0.25) is 0 Å². The van der Waals surface area contributed by atoms with E-state index in [0.717, 1.165) is 47.0 Å². The average molecular weight is 421 g/mol. The van der Waals surface area contributed by atoms with Crippen molar-refractivity contribution < 1.29 is 14.6 Å². The molecule has 4 heterocycles. The van der Waals surface area contributed by atoms with Crippen molar-refractivity contribution in [1.82, 2.24) is 14.3 Å². The third-order valence-corrected chi connectivity index (χ3v) is 5.32. The molecule has 0 saturated heterocycles. The number of fused-ring (bicyclic) bond motifs is 5. The van der Waals surface area contributed by atoms with E-state index in [1.54, 1.807) is 4.68 Å². The van der Waals surface area contributed by atoms with Crippen LogP contribution in [0.15, 0.2) is 35.4 Å². The van der Waals surface area contributed by atoms with Gasteiger partial charge in [0.1, 0.15) is 11.3 Å². The minimum atomic E-state index is -1.20. The summed E-state index contributed by atoms with van der Waals surface area (Å²) in [6.45, 7) is 7.77. The third kappa shape index (κ3) is 3.87. The molecule has 0 fully saturated rings. The average Bonchev–Trinajstić information content (AvgIpc) is 3.35. The third-order valence-electron chi connectivity index (χ3n) is 5.32. The van der Waals surface area contributed by atoms with Gasteiger partial charge in [0, 0.05) is 55.2 Å². The number of pyridine rings is 1. The van der Waals surface area contributed by atoms with Crippen LogP contribution in [0, 0.1) is 5.92 Å². The second-order valence-corrected chi connectivity index (χ2v) is 8.65. The largest absolute Gasteiger partial charge is 0.492 e. The number of rotatable bonds is 2. The van der Waals surface area contributed by atoms with Gasteiger partial charge in [-0.15, -0.1) is 0 Å². The predicted molar refractivity (Wildman–Crippen MR) is 119 cm³/mol. The first kappa shape index (κ1) is 20.9. The Morgan fingerprint density at radius 2 is 1.90 bits per heavy atom. The molecular formula is C24H27N3O4. The number of carbonyl (C=O) groups is 1. The van der Waals surface area contributed by atoms with Crippen LogP contribution in [0.1, 0.15) is 42.3 Å². The van der Waals surface area contributed by atoms with Crippen LogP contribution in [-0.2, 0) is 26.4 Å². The Morgan fingerprint density at radius 1 is 1.16 bits per heavy atom. The van der Waals surface area contributed by atoms with E-state index < -0.39 is 11.4 Å². The molecule has 162 valence electrons. The normalized spacial score (nSPS) is 13.6. The molecule has 0 unspecified atom stereocenters. The van der Waals surface area contributed by atoms with Crippen LogP contribution >= 0.6 is 0 Å². The Kier molecular flexibility index (Phi) is 5.43. The van der Waals surface area contributed by atoms with Crippen LogP contribution in [0.5, 0.6) is 5.75 Å². The van der Waals surface area contributed by atoms with E-state index in [1.807, 2.05) is 29.9 Å². The molecule has 2 aliphatic heterocycles. The van der Waals surface area contributed by atoms with Crippen LogP contribution in [0.3, 0.4) is 0 Å². The summed E-state index contributed by atoms with van der Waals surface area (Å²) in [4.78, 5) is 23.6. The maximum Gasteiger partial charge on any atom is 0.341 e. The number of carboxylic acid groups (broad SMARTS) is 1. The number of benzene rings is 1. The van der Waals surface area contributed by atoms with E-state index in [4.69, 9.17) is 4.74 Å². The molecule has 0 atom stereocenters. The lowest BCUT2D eigenvalue weighted by Gasteiger charge is -2.25. The standard InChI is InChI=1S/C20H17N3O4.C4H10/c1-22-5-3-16(21-22)14-8-13-11(12-4-7-27-19(12)14)2-6-23-10-15(20(25)26)18(24)9-17(13)23;1-4(2)3/h3,5,8-10H,2,4,6-7H2,1H3,(H,25,26);4H,1-3H3. The van der Waals surface area contributed by atoms with E-state index in [1.165, 1.54) is 23.4 Å². The first-order valence-electron chi connectivity index (χ1n) is 10.6. The number of aromatic nitrogens is 3. The Balaban J connectivity index is 0.000000535. The summed E-state index contributed by atoms with van der Waals surface area (Å²) in [7, 11) is 1.87. The molecule has 0 spiro atoms. The fourth-order valence-electron chi connectivity index (χ4n) is 4.09. The van der Waals surface area contributed by atoms with Crippen molar-refractivity contribution in [3.8, 4) is 28.3 Å². The highest BCUT2D eigenvalue weighted by Gasteiger charge is 2.29. The highest BCUT2D eigenvalue weighted by Crippen LogP contribution is 2.44. The van der Waals surface area contributed by atoms with Crippen molar-refractivity contribution in [1.29, 1.82) is 0 Å². The van der Waals surface area contributed by atoms with E-state index in [9.17, 15) is 14.7 Å². The SMILES string of the molecule is CC(C)C.Cn1ccc(-c2cc3c(c4c2OCC4)CCn2cc(C(=O)O)c(=O)cc2-3)n1. The molecule has 0 bridgehead atoms. The van der Waals surface area contributed by atoms with Crippen LogP contribution in [0.25, 0.3) is 22.5 Å². The molecule has 0 aliphatic carbocycles. The number of carboxylic acids is 1. The van der Waals surface area contributed by atoms with Gasteiger partial charge in [-0.1, -0.05) is 20.8 Å². The van der Waals surface area contributed by atoms with Crippen LogP contribution in [-0.4, -0.2) is 32.0 Å². The molecule has 1 aromatic carbocycles. The summed E-state index contributed by atoms with van der Waals surface area (Å²) >= 11 is 0. The summed E-state index contributed by atoms with van der Waals surface area (Å²) < 4.78 is 9.53. The lowest BCUT2D eigenvalue weighted by atomic mass is 9.88. The molecule has 0 saturated carbocycles. The summed E-state index contributed by atoms with van der Waals surface area (Å²) in [6.07, 6.45) is 4.94. The lowest BCUT2D eigenvalue weighted by molar-refractivity contribution is 0.0694. The topological polar surface area (TPSA) is 86.4 Å². The monoisotopic (exact) mass is 421 g/mol. The van der Waals surface area contributed by atoms with Gasteiger partial charge < -0.3 is 14.4 Å². The van der Waals surface area contributed by atoms with Crippen LogP contribution < -0.4 is 10.2 Å². The first-order valence-corrected chi connectivity index (χ1v) is 10.6. The predicted octanol–water partition coefficient (Wildman–Crippen LogP) is 3.77. The number of aromatic carboxylic acids is 1. The van der Waals surface area contributed by atoms with Gasteiger partial charge in [-0.25, -0.2) is 4.79 Å². The summed E-state index contributed by atoms with van der Waals surface area (Å²) in [6, 6.07) is 5.39. The fourth-order valence-corrected chi connectivity index (χ4v) is 4.09. The van der Waals surface area contributed by atoms with Crippen molar-refractivity contribution in [3.05, 3.63) is 57.5 Å². The second kappa shape index (κ2) is 8.06. The van der Waals surface area contributed by atoms with Gasteiger partial charge in [0.15, 0.2) is 5.43 Å². The van der Waals surface area contributed by atoms with E-state index in [0.29, 0.717) is 13.2 Å². The van der Waals surface area contributed by atoms with Crippen molar-refractivity contribution in [2.45, 2.75) is 40.2 Å². The molecule has 0 amide bonds. The van der Waals surface area contributed by atoms with Crippen molar-refractivity contribution in [2.75, 3.05) is 6.61 Å². The Morgan fingerprint density at radius 3 is 2.55 bits per heavy atom. The number of hydrogen-bond acceptors (Lipinski definition) is 4. The van der Waals surface area contributed by atoms with Crippen molar-refractivity contribution in [3.63, 3.8) is 0 Å². The molecule has 31 heavy (non-hydrogen) atoms. The van der Waals surface area contributed by atoms with Gasteiger partial charge in [0.25, 0.3) is 0 Å². The van der Waals surface area contributed by atoms with E-state index >= 15 is 0 Å². The van der Waals surface area contributed by atoms with Gasteiger partial charge in [0.05, 0.1) is 18.0 Å². The van der Waals surface area contributed by atoms with E-state index in [2.05, 4.69) is 25.9 Å². The number of hydrogen-bond donors (Lipinski definition) is 1. The summed E-state index contributed by atoms with van der Waals surface area (Å²) in [5.41, 5.74) is 5.12. The van der Waals surface area contributed by atoms with Gasteiger partial charge in [-0.3, -0.25) is 9.48 Å².